The van der Waals surface area contributed by atoms with Gasteiger partial charge in [0.2, 0.25) is 5.91 Å². The third-order valence-electron chi connectivity index (χ3n) is 4.59. The van der Waals surface area contributed by atoms with Gasteiger partial charge in [0.05, 0.1) is 0 Å². The van der Waals surface area contributed by atoms with Crippen LogP contribution in [0.1, 0.15) is 46.0 Å². The Morgan fingerprint density at radius 2 is 1.52 bits per heavy atom. The number of hydrogen-bond donors (Lipinski definition) is 2. The molecule has 1 fully saturated rings. The van der Waals surface area contributed by atoms with Crippen molar-refractivity contribution in [1.82, 2.24) is 5.32 Å². The van der Waals surface area contributed by atoms with Gasteiger partial charge in [0.15, 0.2) is 0 Å². The molecule has 1 amide bonds. The van der Waals surface area contributed by atoms with E-state index >= 15 is 0 Å². The molecule has 136 valence electrons. The van der Waals surface area contributed by atoms with Crippen LogP contribution in [0, 0.1) is 11.8 Å². The fourth-order valence-electron chi connectivity index (χ4n) is 2.81. The first kappa shape index (κ1) is 20.1. The van der Waals surface area contributed by atoms with Gasteiger partial charge in [0, 0.05) is 17.9 Å². The minimum atomic E-state index is -5.79. The first-order chi connectivity index (χ1) is 10.3. The summed E-state index contributed by atoms with van der Waals surface area (Å²) >= 11 is 0. The van der Waals surface area contributed by atoms with Crippen molar-refractivity contribution in [2.24, 2.45) is 11.8 Å². The molecule has 3 nitrogen and oxygen atoms in total. The lowest BCUT2D eigenvalue weighted by Crippen LogP contribution is -2.62. The highest BCUT2D eigenvalue weighted by Gasteiger charge is 2.73. The number of carbonyl (C=O) groups is 1. The lowest BCUT2D eigenvalue weighted by molar-refractivity contribution is -0.387. The fraction of sp³-hybridized carbons (Fsp3) is 0.929. The number of amides is 1. The van der Waals surface area contributed by atoms with E-state index in [1.807, 2.05) is 0 Å². The van der Waals surface area contributed by atoms with Crippen molar-refractivity contribution in [3.63, 3.8) is 0 Å². The summed E-state index contributed by atoms with van der Waals surface area (Å²) < 4.78 is 76.8. The Balaban J connectivity index is 2.76. The molecule has 1 saturated carbocycles. The van der Waals surface area contributed by atoms with Gasteiger partial charge >= 0.3 is 12.4 Å². The van der Waals surface area contributed by atoms with Crippen LogP contribution in [-0.2, 0) is 4.79 Å². The van der Waals surface area contributed by atoms with E-state index in [0.29, 0.717) is 6.42 Å². The van der Waals surface area contributed by atoms with Crippen LogP contribution in [0.5, 0.6) is 0 Å². The van der Waals surface area contributed by atoms with E-state index in [0.717, 1.165) is 0 Å². The second kappa shape index (κ2) is 6.86. The van der Waals surface area contributed by atoms with E-state index in [4.69, 9.17) is 0 Å². The first-order valence-corrected chi connectivity index (χ1v) is 7.50. The molecule has 1 unspecified atom stereocenters. The summed E-state index contributed by atoms with van der Waals surface area (Å²) in [6.45, 7) is 3.49. The summed E-state index contributed by atoms with van der Waals surface area (Å²) in [5.41, 5.74) is -4.70. The second-order valence-corrected chi connectivity index (χ2v) is 6.13. The third-order valence-corrected chi connectivity index (χ3v) is 4.59. The number of nitrogens with one attached hydrogen (secondary N) is 1. The molecule has 0 saturated heterocycles. The molecule has 0 aromatic carbocycles. The van der Waals surface area contributed by atoms with E-state index in [1.165, 1.54) is 0 Å². The molecule has 0 heterocycles. The summed E-state index contributed by atoms with van der Waals surface area (Å²) in [6.07, 6.45) is -12.0. The van der Waals surface area contributed by atoms with Crippen molar-refractivity contribution in [2.75, 3.05) is 0 Å². The van der Waals surface area contributed by atoms with Gasteiger partial charge in [-0.05, 0) is 32.1 Å². The zero-order chi connectivity index (χ0) is 18.1. The van der Waals surface area contributed by atoms with Crippen LogP contribution < -0.4 is 5.32 Å². The molecule has 9 heteroatoms. The Morgan fingerprint density at radius 3 is 1.87 bits per heavy atom. The van der Waals surface area contributed by atoms with Crippen molar-refractivity contribution < 1.29 is 36.2 Å². The van der Waals surface area contributed by atoms with Crippen LogP contribution in [0.4, 0.5) is 26.3 Å². The van der Waals surface area contributed by atoms with Crippen LogP contribution >= 0.6 is 0 Å². The van der Waals surface area contributed by atoms with E-state index in [9.17, 15) is 36.2 Å². The van der Waals surface area contributed by atoms with Crippen LogP contribution in [-0.4, -0.2) is 35.0 Å². The average molecular weight is 349 g/mol. The van der Waals surface area contributed by atoms with Crippen LogP contribution in [0.2, 0.25) is 0 Å². The summed E-state index contributed by atoms with van der Waals surface area (Å²) in [6, 6.07) is -0.460. The highest BCUT2D eigenvalue weighted by atomic mass is 19.4. The third kappa shape index (κ3) is 4.10. The lowest BCUT2D eigenvalue weighted by atomic mass is 9.74. The smallest absolute Gasteiger partial charge is 0.373 e. The molecule has 1 aliphatic carbocycles. The first-order valence-electron chi connectivity index (χ1n) is 7.50. The predicted molar refractivity (Wildman–Crippen MR) is 70.4 cm³/mol. The van der Waals surface area contributed by atoms with Crippen molar-refractivity contribution in [3.8, 4) is 0 Å². The van der Waals surface area contributed by atoms with Gasteiger partial charge in [-0.1, -0.05) is 13.8 Å². The largest absolute Gasteiger partial charge is 0.426 e. The van der Waals surface area contributed by atoms with Gasteiger partial charge in [0.25, 0.3) is 5.60 Å². The maximum absolute atomic E-state index is 12.8. The SMILES string of the molecule is CCC(C)C(=O)NC1CCC(C(O)(C(F)(F)F)C(F)(F)F)CC1. The quantitative estimate of drug-likeness (QED) is 0.763. The average Bonchev–Trinajstić information content (AvgIpc) is 2.43. The topological polar surface area (TPSA) is 49.3 Å². The maximum atomic E-state index is 12.8. The molecule has 0 spiro atoms. The molecule has 23 heavy (non-hydrogen) atoms. The number of hydrogen-bond acceptors (Lipinski definition) is 2. The fourth-order valence-corrected chi connectivity index (χ4v) is 2.81. The molecule has 1 atom stereocenters. The van der Waals surface area contributed by atoms with Crippen LogP contribution in [0.25, 0.3) is 0 Å². The van der Waals surface area contributed by atoms with Gasteiger partial charge in [0.1, 0.15) is 0 Å². The van der Waals surface area contributed by atoms with Gasteiger partial charge in [-0.3, -0.25) is 4.79 Å². The molecule has 0 aromatic rings. The van der Waals surface area contributed by atoms with E-state index in [-0.39, 0.29) is 24.7 Å². The number of alkyl halides is 6. The Hall–Kier alpha value is -0.990. The summed E-state index contributed by atoms with van der Waals surface area (Å²) in [4.78, 5) is 11.7. The Morgan fingerprint density at radius 1 is 1.09 bits per heavy atom. The Labute approximate surface area is 130 Å². The monoisotopic (exact) mass is 349 g/mol. The minimum Gasteiger partial charge on any atom is -0.373 e. The molecule has 0 aliphatic heterocycles. The van der Waals surface area contributed by atoms with Gasteiger partial charge in [-0.2, -0.15) is 26.3 Å². The molecule has 1 rings (SSSR count). The molecule has 0 aromatic heterocycles. The number of carbonyl (C=O) groups excluding carboxylic acids is 1. The van der Waals surface area contributed by atoms with E-state index < -0.39 is 42.8 Å². The molecular formula is C14H21F6NO2. The van der Waals surface area contributed by atoms with Gasteiger partial charge in [-0.25, -0.2) is 0 Å². The van der Waals surface area contributed by atoms with Crippen molar-refractivity contribution >= 4 is 5.91 Å². The zero-order valence-electron chi connectivity index (χ0n) is 12.9. The van der Waals surface area contributed by atoms with Gasteiger partial charge in [-0.15, -0.1) is 0 Å². The molecule has 0 bridgehead atoms. The van der Waals surface area contributed by atoms with Gasteiger partial charge < -0.3 is 10.4 Å². The Kier molecular flexibility index (Phi) is 5.98. The molecule has 1 aliphatic rings. The standard InChI is InChI=1S/C14H21F6NO2/c1-3-8(2)11(22)21-10-6-4-9(5-7-10)12(23,13(15,16)17)14(18,19)20/h8-10,23H,3-7H2,1-2H3,(H,21,22). The number of halogens is 6. The summed E-state index contributed by atoms with van der Waals surface area (Å²) in [5, 5.41) is 12.0. The second-order valence-electron chi connectivity index (χ2n) is 6.13. The molecule has 2 N–H and O–H groups in total. The predicted octanol–water partition coefficient (Wildman–Crippen LogP) is 3.56. The van der Waals surface area contributed by atoms with E-state index in [2.05, 4.69) is 5.32 Å². The van der Waals surface area contributed by atoms with E-state index in [1.54, 1.807) is 13.8 Å². The number of rotatable bonds is 4. The van der Waals surface area contributed by atoms with Crippen molar-refractivity contribution in [2.45, 2.75) is 69.9 Å². The van der Waals surface area contributed by atoms with Crippen molar-refractivity contribution in [3.05, 3.63) is 0 Å². The highest BCUT2D eigenvalue weighted by molar-refractivity contribution is 5.78. The maximum Gasteiger partial charge on any atom is 0.426 e. The Bertz CT molecular complexity index is 398. The minimum absolute atomic E-state index is 0.0265. The normalized spacial score (nSPS) is 25.1. The van der Waals surface area contributed by atoms with Crippen LogP contribution in [0.15, 0.2) is 0 Å². The lowest BCUT2D eigenvalue weighted by Gasteiger charge is -2.42. The summed E-state index contributed by atoms with van der Waals surface area (Å²) in [5.74, 6) is -2.49. The molecular weight excluding hydrogens is 328 g/mol. The highest BCUT2D eigenvalue weighted by Crippen LogP contribution is 2.51. The zero-order valence-corrected chi connectivity index (χ0v) is 12.9. The summed E-state index contributed by atoms with van der Waals surface area (Å²) in [7, 11) is 0. The molecule has 0 radical (unpaired) electrons. The number of aliphatic hydroxyl groups is 1. The van der Waals surface area contributed by atoms with Crippen molar-refractivity contribution in [1.29, 1.82) is 0 Å². The van der Waals surface area contributed by atoms with Crippen LogP contribution in [0.3, 0.4) is 0 Å².